The van der Waals surface area contributed by atoms with Crippen molar-refractivity contribution in [1.29, 1.82) is 0 Å². The van der Waals surface area contributed by atoms with Crippen LogP contribution in [0.1, 0.15) is 51.9 Å². The minimum absolute atomic E-state index is 0.0265. The molecule has 1 heterocycles. The number of carbonyl (C=O) groups is 3. The molecule has 26 heavy (non-hydrogen) atoms. The molecule has 1 fully saturated rings. The van der Waals surface area contributed by atoms with Crippen LogP contribution < -0.4 is 5.32 Å². The first-order valence-electron chi connectivity index (χ1n) is 9.22. The Morgan fingerprint density at radius 2 is 2.04 bits per heavy atom. The largest absolute Gasteiger partial charge is 0.466 e. The summed E-state index contributed by atoms with van der Waals surface area (Å²) in [6, 6.07) is 1.53. The number of nitrogens with zero attached hydrogens (tertiary/aromatic N) is 2. The molecule has 1 aliphatic carbocycles. The lowest BCUT2D eigenvalue weighted by molar-refractivity contribution is -0.146. The van der Waals surface area contributed by atoms with E-state index in [0.29, 0.717) is 24.9 Å². The zero-order valence-electron chi connectivity index (χ0n) is 15.2. The molecule has 1 aromatic heterocycles. The summed E-state index contributed by atoms with van der Waals surface area (Å²) in [6.45, 7) is 2.49. The van der Waals surface area contributed by atoms with Gasteiger partial charge in [-0.2, -0.15) is 0 Å². The Morgan fingerprint density at radius 3 is 2.69 bits per heavy atom. The molecule has 0 spiro atoms. The summed E-state index contributed by atoms with van der Waals surface area (Å²) in [5, 5.41) is 6.23. The van der Waals surface area contributed by atoms with Crippen molar-refractivity contribution in [3.63, 3.8) is 0 Å². The summed E-state index contributed by atoms with van der Waals surface area (Å²) in [5.41, 5.74) is 0. The quantitative estimate of drug-likeness (QED) is 0.674. The molecule has 0 radical (unpaired) electrons. The molecule has 0 bridgehead atoms. The monoisotopic (exact) mass is 365 g/mol. The normalized spacial score (nSPS) is 14.7. The van der Waals surface area contributed by atoms with Crippen LogP contribution >= 0.6 is 0 Å². The van der Waals surface area contributed by atoms with Crippen LogP contribution in [0.3, 0.4) is 0 Å². The fourth-order valence-electron chi connectivity index (χ4n) is 3.17. The average molecular weight is 365 g/mol. The summed E-state index contributed by atoms with van der Waals surface area (Å²) >= 11 is 0. The van der Waals surface area contributed by atoms with Crippen LogP contribution in [0.15, 0.2) is 16.9 Å². The van der Waals surface area contributed by atoms with Gasteiger partial charge in [0.25, 0.3) is 0 Å². The van der Waals surface area contributed by atoms with Gasteiger partial charge in [-0.3, -0.25) is 14.4 Å². The number of hydrogen-bond acceptors (Lipinski definition) is 6. The van der Waals surface area contributed by atoms with E-state index in [9.17, 15) is 14.4 Å². The van der Waals surface area contributed by atoms with Crippen LogP contribution in [0.5, 0.6) is 0 Å². The lowest BCUT2D eigenvalue weighted by Gasteiger charge is -2.29. The smallest absolute Gasteiger partial charge is 0.306 e. The number of amides is 2. The Balaban J connectivity index is 1.91. The third kappa shape index (κ3) is 6.85. The Labute approximate surface area is 153 Å². The molecule has 1 saturated carbocycles. The van der Waals surface area contributed by atoms with Gasteiger partial charge >= 0.3 is 5.97 Å². The van der Waals surface area contributed by atoms with Crippen LogP contribution in [0.4, 0.5) is 5.82 Å². The van der Waals surface area contributed by atoms with E-state index >= 15 is 0 Å². The minimum Gasteiger partial charge on any atom is -0.466 e. The molecule has 8 heteroatoms. The second-order valence-corrected chi connectivity index (χ2v) is 6.52. The van der Waals surface area contributed by atoms with Crippen LogP contribution in [0.2, 0.25) is 0 Å². The highest BCUT2D eigenvalue weighted by molar-refractivity contribution is 5.94. The molecule has 1 aliphatic rings. The van der Waals surface area contributed by atoms with Crippen LogP contribution in [0.25, 0.3) is 0 Å². The summed E-state index contributed by atoms with van der Waals surface area (Å²) in [4.78, 5) is 37.8. The van der Waals surface area contributed by atoms with Crippen molar-refractivity contribution in [3.8, 4) is 0 Å². The fourth-order valence-corrected chi connectivity index (χ4v) is 3.17. The minimum atomic E-state index is -0.398. The molecular formula is C18H27N3O5. The highest BCUT2D eigenvalue weighted by atomic mass is 16.5. The molecule has 0 aliphatic heterocycles. The molecular weight excluding hydrogens is 338 g/mol. The van der Waals surface area contributed by atoms with Gasteiger partial charge in [0.05, 0.1) is 19.6 Å². The molecule has 0 unspecified atom stereocenters. The third-order valence-electron chi connectivity index (χ3n) is 4.44. The second-order valence-electron chi connectivity index (χ2n) is 6.52. The van der Waals surface area contributed by atoms with Crippen LogP contribution in [-0.2, 0) is 19.1 Å². The maximum Gasteiger partial charge on any atom is 0.306 e. The van der Waals surface area contributed by atoms with E-state index in [4.69, 9.17) is 4.74 Å². The second kappa shape index (κ2) is 10.6. The predicted molar refractivity (Wildman–Crippen MR) is 94.2 cm³/mol. The summed E-state index contributed by atoms with van der Waals surface area (Å²) < 4.78 is 9.55. The van der Waals surface area contributed by atoms with Gasteiger partial charge in [0.1, 0.15) is 6.26 Å². The molecule has 2 amide bonds. The van der Waals surface area contributed by atoms with Crippen molar-refractivity contribution < 1.29 is 23.6 Å². The lowest BCUT2D eigenvalue weighted by Crippen LogP contribution is -2.41. The van der Waals surface area contributed by atoms with E-state index in [1.54, 1.807) is 11.8 Å². The van der Waals surface area contributed by atoms with E-state index in [1.165, 1.54) is 18.8 Å². The number of esters is 1. The van der Waals surface area contributed by atoms with Crippen molar-refractivity contribution in [2.24, 2.45) is 5.92 Å². The number of rotatable bonds is 9. The first kappa shape index (κ1) is 19.9. The van der Waals surface area contributed by atoms with Crippen molar-refractivity contribution in [2.75, 3.05) is 25.0 Å². The van der Waals surface area contributed by atoms with Gasteiger partial charge in [0.15, 0.2) is 5.82 Å². The van der Waals surface area contributed by atoms with Crippen molar-refractivity contribution in [2.45, 2.75) is 51.9 Å². The van der Waals surface area contributed by atoms with Gasteiger partial charge in [-0.1, -0.05) is 24.4 Å². The standard InChI is InChI=1S/C18H27N3O5/c1-2-25-18(24)9-8-17(23)21(12-14-6-4-3-5-7-14)13-16(22)19-15-10-11-26-20-15/h10-11,14H,2-9,12-13H2,1H3,(H,19,20,22). The zero-order chi connectivity index (χ0) is 18.8. The number of aromatic nitrogens is 1. The molecule has 1 N–H and O–H groups in total. The summed E-state index contributed by atoms with van der Waals surface area (Å²) in [5.74, 6) is -0.231. The van der Waals surface area contributed by atoms with Crippen molar-refractivity contribution >= 4 is 23.6 Å². The van der Waals surface area contributed by atoms with Crippen LogP contribution in [0, 0.1) is 5.92 Å². The molecule has 2 rings (SSSR count). The topological polar surface area (TPSA) is 102 Å². The SMILES string of the molecule is CCOC(=O)CCC(=O)N(CC(=O)Nc1ccon1)CC1CCCCC1. The number of anilines is 1. The van der Waals surface area contributed by atoms with Gasteiger partial charge in [-0.15, -0.1) is 0 Å². The first-order chi connectivity index (χ1) is 12.6. The fraction of sp³-hybridized carbons (Fsp3) is 0.667. The van der Waals surface area contributed by atoms with Crippen molar-refractivity contribution in [3.05, 3.63) is 12.3 Å². The summed E-state index contributed by atoms with van der Waals surface area (Å²) in [7, 11) is 0. The van der Waals surface area contributed by atoms with Gasteiger partial charge < -0.3 is 19.5 Å². The predicted octanol–water partition coefficient (Wildman–Crippen LogP) is 2.37. The van der Waals surface area contributed by atoms with E-state index < -0.39 is 5.97 Å². The van der Waals surface area contributed by atoms with Crippen LogP contribution in [-0.4, -0.2) is 47.5 Å². The van der Waals surface area contributed by atoms with Gasteiger partial charge in [-0.25, -0.2) is 0 Å². The van der Waals surface area contributed by atoms with E-state index in [0.717, 1.165) is 25.7 Å². The number of carbonyl (C=O) groups excluding carboxylic acids is 3. The molecule has 0 saturated heterocycles. The molecule has 8 nitrogen and oxygen atoms in total. The van der Waals surface area contributed by atoms with E-state index in [2.05, 4.69) is 15.0 Å². The first-order valence-corrected chi connectivity index (χ1v) is 9.22. The highest BCUT2D eigenvalue weighted by Gasteiger charge is 2.23. The molecule has 0 atom stereocenters. The number of ether oxygens (including phenoxy) is 1. The molecule has 0 aromatic carbocycles. The van der Waals surface area contributed by atoms with Crippen molar-refractivity contribution in [1.82, 2.24) is 10.1 Å². The maximum atomic E-state index is 12.6. The molecule has 1 aromatic rings. The lowest BCUT2D eigenvalue weighted by atomic mass is 9.89. The van der Waals surface area contributed by atoms with E-state index in [1.807, 2.05) is 0 Å². The third-order valence-corrected chi connectivity index (χ3v) is 4.44. The average Bonchev–Trinajstić information content (AvgIpc) is 3.13. The van der Waals surface area contributed by atoms with Gasteiger partial charge in [0.2, 0.25) is 11.8 Å². The Hall–Kier alpha value is -2.38. The van der Waals surface area contributed by atoms with Gasteiger partial charge in [-0.05, 0) is 25.7 Å². The van der Waals surface area contributed by atoms with Gasteiger partial charge in [0, 0.05) is 19.0 Å². The Bertz CT molecular complexity index is 582. The number of nitrogens with one attached hydrogen (secondary N) is 1. The Morgan fingerprint density at radius 1 is 1.27 bits per heavy atom. The highest BCUT2D eigenvalue weighted by Crippen LogP contribution is 2.24. The van der Waals surface area contributed by atoms with E-state index in [-0.39, 0.29) is 31.2 Å². The maximum absolute atomic E-state index is 12.6. The number of hydrogen-bond donors (Lipinski definition) is 1. The zero-order valence-corrected chi connectivity index (χ0v) is 15.2. The summed E-state index contributed by atoms with van der Waals surface area (Å²) in [6.07, 6.45) is 7.09. The Kier molecular flexibility index (Phi) is 8.11. The molecule has 144 valence electrons.